The number of nitrogens with zero attached hydrogens (tertiary/aromatic N) is 2. The van der Waals surface area contributed by atoms with Crippen LogP contribution in [0.1, 0.15) is 18.3 Å². The smallest absolute Gasteiger partial charge is 0.340 e. The molecule has 1 aromatic carbocycles. The Balaban J connectivity index is 2.29. The minimum Gasteiger partial charge on any atom is -0.340 e. The van der Waals surface area contributed by atoms with Crippen molar-refractivity contribution in [2.24, 2.45) is 5.84 Å². The first-order chi connectivity index (χ1) is 9.92. The zero-order valence-corrected chi connectivity index (χ0v) is 11.2. The molecule has 0 spiro atoms. The third kappa shape index (κ3) is 3.82. The van der Waals surface area contributed by atoms with Crippen LogP contribution in [0, 0.1) is 0 Å². The number of aromatic nitrogens is 2. The van der Waals surface area contributed by atoms with Gasteiger partial charge in [0.15, 0.2) is 0 Å². The number of nitrogens with one attached hydrogen (secondary N) is 2. The molecule has 0 atom stereocenters. The molecule has 0 aliphatic carbocycles. The van der Waals surface area contributed by atoms with E-state index in [2.05, 4.69) is 20.7 Å². The first-order valence-corrected chi connectivity index (χ1v) is 6.21. The van der Waals surface area contributed by atoms with Crippen LogP contribution in [-0.4, -0.2) is 9.97 Å². The third-order valence-electron chi connectivity index (χ3n) is 2.76. The van der Waals surface area contributed by atoms with E-state index in [1.807, 2.05) is 19.1 Å². The molecule has 0 saturated heterocycles. The summed E-state index contributed by atoms with van der Waals surface area (Å²) in [6.45, 7) is 2.02. The summed E-state index contributed by atoms with van der Waals surface area (Å²) in [6.07, 6.45) is -3.76. The van der Waals surface area contributed by atoms with Crippen molar-refractivity contribution >= 4 is 17.3 Å². The first-order valence-electron chi connectivity index (χ1n) is 6.21. The molecule has 1 aromatic heterocycles. The summed E-state index contributed by atoms with van der Waals surface area (Å²) in [4.78, 5) is 6.73. The molecule has 0 fully saturated rings. The summed E-state index contributed by atoms with van der Waals surface area (Å²) in [5, 5.41) is 2.80. The molecule has 0 aliphatic rings. The van der Waals surface area contributed by atoms with Crippen molar-refractivity contribution < 1.29 is 13.2 Å². The van der Waals surface area contributed by atoms with Gasteiger partial charge in [-0.2, -0.15) is 13.2 Å². The molecule has 2 aromatic rings. The van der Waals surface area contributed by atoms with E-state index in [-0.39, 0.29) is 11.6 Å². The highest BCUT2D eigenvalue weighted by Crippen LogP contribution is 2.29. The standard InChI is InChI=1S/C13H14F3N5/c1-2-8-3-5-9(6-4-8)18-10-7-11(21-17)20-12(19-10)13(14,15)16/h3-7H,2,17H2,1H3,(H2,18,19,20,21). The second-order valence-electron chi connectivity index (χ2n) is 4.28. The van der Waals surface area contributed by atoms with Gasteiger partial charge in [0.2, 0.25) is 5.82 Å². The van der Waals surface area contributed by atoms with Gasteiger partial charge in [-0.05, 0) is 24.1 Å². The Morgan fingerprint density at radius 2 is 1.71 bits per heavy atom. The van der Waals surface area contributed by atoms with E-state index in [1.54, 1.807) is 12.1 Å². The number of benzene rings is 1. The summed E-state index contributed by atoms with van der Waals surface area (Å²) < 4.78 is 38.1. The summed E-state index contributed by atoms with van der Waals surface area (Å²) in [5.74, 6) is 3.76. The van der Waals surface area contributed by atoms with Crippen molar-refractivity contribution in [2.45, 2.75) is 19.5 Å². The summed E-state index contributed by atoms with van der Waals surface area (Å²) in [6, 6.07) is 8.60. The lowest BCUT2D eigenvalue weighted by molar-refractivity contribution is -0.144. The van der Waals surface area contributed by atoms with Crippen LogP contribution >= 0.6 is 0 Å². The van der Waals surface area contributed by atoms with Gasteiger partial charge < -0.3 is 10.7 Å². The van der Waals surface area contributed by atoms with Crippen molar-refractivity contribution in [3.8, 4) is 0 Å². The van der Waals surface area contributed by atoms with Crippen molar-refractivity contribution in [1.29, 1.82) is 0 Å². The minimum absolute atomic E-state index is 0.00882. The van der Waals surface area contributed by atoms with Crippen LogP contribution in [-0.2, 0) is 12.6 Å². The van der Waals surface area contributed by atoms with E-state index in [0.717, 1.165) is 12.0 Å². The average Bonchev–Trinajstić information content (AvgIpc) is 2.46. The normalized spacial score (nSPS) is 11.3. The van der Waals surface area contributed by atoms with Crippen LogP contribution < -0.4 is 16.6 Å². The van der Waals surface area contributed by atoms with Crippen molar-refractivity contribution in [2.75, 3.05) is 10.7 Å². The predicted octanol–water partition coefficient (Wildman–Crippen LogP) is 3.09. The SMILES string of the molecule is CCc1ccc(Nc2cc(NN)nc(C(F)(F)F)n2)cc1. The number of hydrazine groups is 1. The van der Waals surface area contributed by atoms with E-state index < -0.39 is 12.0 Å². The molecule has 5 nitrogen and oxygen atoms in total. The lowest BCUT2D eigenvalue weighted by Gasteiger charge is -2.11. The maximum Gasteiger partial charge on any atom is 0.451 e. The Morgan fingerprint density at radius 1 is 1.10 bits per heavy atom. The predicted molar refractivity (Wildman–Crippen MR) is 73.9 cm³/mol. The summed E-state index contributed by atoms with van der Waals surface area (Å²) in [7, 11) is 0. The van der Waals surface area contributed by atoms with Crippen molar-refractivity contribution in [1.82, 2.24) is 9.97 Å². The molecule has 8 heteroatoms. The van der Waals surface area contributed by atoms with Crippen LogP contribution in [0.4, 0.5) is 30.5 Å². The van der Waals surface area contributed by atoms with E-state index in [0.29, 0.717) is 5.69 Å². The topological polar surface area (TPSA) is 75.9 Å². The lowest BCUT2D eigenvalue weighted by atomic mass is 10.1. The zero-order valence-electron chi connectivity index (χ0n) is 11.2. The third-order valence-corrected chi connectivity index (χ3v) is 2.76. The Kier molecular flexibility index (Phi) is 4.27. The van der Waals surface area contributed by atoms with Gasteiger partial charge in [0.1, 0.15) is 11.6 Å². The van der Waals surface area contributed by atoms with Crippen molar-refractivity contribution in [3.05, 3.63) is 41.7 Å². The highest BCUT2D eigenvalue weighted by atomic mass is 19.4. The monoisotopic (exact) mass is 297 g/mol. The number of nitrogens with two attached hydrogens (primary N) is 1. The Morgan fingerprint density at radius 3 is 2.24 bits per heavy atom. The molecular formula is C13H14F3N5. The van der Waals surface area contributed by atoms with E-state index >= 15 is 0 Å². The van der Waals surface area contributed by atoms with Crippen LogP contribution in [0.3, 0.4) is 0 Å². The highest BCUT2D eigenvalue weighted by Gasteiger charge is 2.35. The molecule has 21 heavy (non-hydrogen) atoms. The number of rotatable bonds is 4. The van der Waals surface area contributed by atoms with Gasteiger partial charge in [-0.15, -0.1) is 0 Å². The number of anilines is 3. The van der Waals surface area contributed by atoms with Crippen LogP contribution in [0.5, 0.6) is 0 Å². The first kappa shape index (κ1) is 15.0. The van der Waals surface area contributed by atoms with Crippen molar-refractivity contribution in [3.63, 3.8) is 0 Å². The second-order valence-corrected chi connectivity index (χ2v) is 4.28. The Labute approximate surface area is 119 Å². The van der Waals surface area contributed by atoms with Crippen LogP contribution in [0.25, 0.3) is 0 Å². The fourth-order valence-corrected chi connectivity index (χ4v) is 1.68. The molecule has 0 unspecified atom stereocenters. The van der Waals surface area contributed by atoms with Gasteiger partial charge in [-0.3, -0.25) is 0 Å². The number of hydrogen-bond donors (Lipinski definition) is 3. The van der Waals surface area contributed by atoms with Crippen LogP contribution in [0.15, 0.2) is 30.3 Å². The van der Waals surface area contributed by atoms with Gasteiger partial charge in [0.25, 0.3) is 0 Å². The quantitative estimate of drug-likeness (QED) is 0.597. The van der Waals surface area contributed by atoms with Gasteiger partial charge in [-0.25, -0.2) is 15.8 Å². The van der Waals surface area contributed by atoms with E-state index in [1.165, 1.54) is 6.07 Å². The second kappa shape index (κ2) is 5.96. The molecular weight excluding hydrogens is 283 g/mol. The maximum atomic E-state index is 12.7. The minimum atomic E-state index is -4.64. The molecule has 4 N–H and O–H groups in total. The fourth-order valence-electron chi connectivity index (χ4n) is 1.68. The van der Waals surface area contributed by atoms with Gasteiger partial charge in [0.05, 0.1) is 0 Å². The average molecular weight is 297 g/mol. The van der Waals surface area contributed by atoms with Crippen LogP contribution in [0.2, 0.25) is 0 Å². The molecule has 1 heterocycles. The van der Waals surface area contributed by atoms with Gasteiger partial charge >= 0.3 is 6.18 Å². The van der Waals surface area contributed by atoms with E-state index in [4.69, 9.17) is 5.84 Å². The number of aryl methyl sites for hydroxylation is 1. The molecule has 0 saturated carbocycles. The maximum absolute atomic E-state index is 12.7. The van der Waals surface area contributed by atoms with Gasteiger partial charge in [-0.1, -0.05) is 19.1 Å². The largest absolute Gasteiger partial charge is 0.451 e. The van der Waals surface area contributed by atoms with Gasteiger partial charge in [0, 0.05) is 11.8 Å². The number of hydrogen-bond acceptors (Lipinski definition) is 5. The molecule has 2 rings (SSSR count). The number of nitrogen functional groups attached to an aromatic ring is 1. The molecule has 0 amide bonds. The Hall–Kier alpha value is -2.35. The number of halogens is 3. The molecule has 112 valence electrons. The van der Waals surface area contributed by atoms with E-state index in [9.17, 15) is 13.2 Å². The molecule has 0 bridgehead atoms. The Bertz CT molecular complexity index is 610. The lowest BCUT2D eigenvalue weighted by Crippen LogP contribution is -2.16. The molecule has 0 aliphatic heterocycles. The number of alkyl halides is 3. The molecule has 0 radical (unpaired) electrons. The fraction of sp³-hybridized carbons (Fsp3) is 0.231. The zero-order chi connectivity index (χ0) is 15.5. The summed E-state index contributed by atoms with van der Waals surface area (Å²) >= 11 is 0. The highest BCUT2D eigenvalue weighted by molar-refractivity contribution is 5.59. The summed E-state index contributed by atoms with van der Waals surface area (Å²) in [5.41, 5.74) is 3.85.